The third-order valence-corrected chi connectivity index (χ3v) is 12.1. The first-order chi connectivity index (χ1) is 39.0. The van der Waals surface area contributed by atoms with Crippen molar-refractivity contribution in [2.75, 3.05) is 13.2 Å². The minimum atomic E-state index is -0.848. The summed E-state index contributed by atoms with van der Waals surface area (Å²) in [7, 11) is 0. The van der Waals surface area contributed by atoms with Gasteiger partial charge in [-0.1, -0.05) is 260 Å². The van der Waals surface area contributed by atoms with E-state index >= 15 is 0 Å². The Hall–Kier alpha value is -5.75. The van der Waals surface area contributed by atoms with Gasteiger partial charge < -0.3 is 14.2 Å². The molecular weight excluding hydrogens is 973 g/mol. The van der Waals surface area contributed by atoms with Gasteiger partial charge in [-0.3, -0.25) is 14.4 Å². The van der Waals surface area contributed by atoms with Gasteiger partial charge in [-0.15, -0.1) is 0 Å². The minimum absolute atomic E-state index is 0.109. The van der Waals surface area contributed by atoms with Gasteiger partial charge in [-0.2, -0.15) is 0 Å². The summed E-state index contributed by atoms with van der Waals surface area (Å²) < 4.78 is 16.8. The number of allylic oxidation sites excluding steroid dienone is 31. The molecule has 0 N–H and O–H groups in total. The second-order valence-electron chi connectivity index (χ2n) is 19.5. The Kier molecular flexibility index (Phi) is 60.1. The lowest BCUT2D eigenvalue weighted by Crippen LogP contribution is -2.30. The highest BCUT2D eigenvalue weighted by molar-refractivity contribution is 5.72. The van der Waals surface area contributed by atoms with E-state index in [1.165, 1.54) is 12.8 Å². The monoisotopic (exact) mass is 1080 g/mol. The summed E-state index contributed by atoms with van der Waals surface area (Å²) in [6.45, 7) is 6.16. The fourth-order valence-electron chi connectivity index (χ4n) is 7.60. The molecule has 0 aliphatic rings. The lowest BCUT2D eigenvalue weighted by molar-refractivity contribution is -0.166. The molecule has 438 valence electrons. The Bertz CT molecular complexity index is 1920. The molecule has 0 aromatic carbocycles. The van der Waals surface area contributed by atoms with E-state index in [9.17, 15) is 14.4 Å². The molecule has 6 heteroatoms. The number of carbonyl (C=O) groups is 3. The summed E-state index contributed by atoms with van der Waals surface area (Å²) in [5.41, 5.74) is 0. The lowest BCUT2D eigenvalue weighted by Gasteiger charge is -2.18. The van der Waals surface area contributed by atoms with Crippen LogP contribution in [0.3, 0.4) is 0 Å². The predicted octanol–water partition coefficient (Wildman–Crippen LogP) is 21.4. The Morgan fingerprint density at radius 3 is 0.823 bits per heavy atom. The SMILES string of the molecule is CC/C=C\C/C=C\C/C=C\C/C=C\C/C=C\C/C=C\C/C=C\CCCCCCCC(=O)OCC(COC(=O)C/C=C\C/C=C\C/C=C\C/C=C\C/C=C\CC)OC(=O)CCCCCCCC/C=C\C/C=C\C/C=C\C/C=C\CC. The average molecular weight is 1080 g/mol. The zero-order valence-corrected chi connectivity index (χ0v) is 50.0. The maximum atomic E-state index is 12.9. The van der Waals surface area contributed by atoms with Crippen molar-refractivity contribution in [3.63, 3.8) is 0 Å². The maximum absolute atomic E-state index is 12.9. The van der Waals surface area contributed by atoms with Crippen LogP contribution in [0.15, 0.2) is 194 Å². The van der Waals surface area contributed by atoms with Crippen molar-refractivity contribution in [1.82, 2.24) is 0 Å². The molecule has 1 unspecified atom stereocenters. The van der Waals surface area contributed by atoms with Crippen LogP contribution < -0.4 is 0 Å². The number of unbranched alkanes of at least 4 members (excludes halogenated alkanes) is 11. The van der Waals surface area contributed by atoms with Gasteiger partial charge in [-0.05, 0) is 141 Å². The maximum Gasteiger partial charge on any atom is 0.309 e. The Morgan fingerprint density at radius 1 is 0.266 bits per heavy atom. The smallest absolute Gasteiger partial charge is 0.309 e. The van der Waals surface area contributed by atoms with Crippen LogP contribution >= 0.6 is 0 Å². The molecule has 0 saturated heterocycles. The number of carbonyl (C=O) groups excluding carboxylic acids is 3. The van der Waals surface area contributed by atoms with Gasteiger partial charge in [0.1, 0.15) is 13.2 Å². The summed E-state index contributed by atoms with van der Waals surface area (Å²) in [5.74, 6) is -1.11. The van der Waals surface area contributed by atoms with Crippen molar-refractivity contribution in [1.29, 1.82) is 0 Å². The summed E-state index contributed by atoms with van der Waals surface area (Å²) in [6, 6.07) is 0. The van der Waals surface area contributed by atoms with Crippen LogP contribution in [0, 0.1) is 0 Å². The Balaban J connectivity index is 4.54. The van der Waals surface area contributed by atoms with Crippen LogP contribution in [0.25, 0.3) is 0 Å². The fourth-order valence-corrected chi connectivity index (χ4v) is 7.60. The second-order valence-corrected chi connectivity index (χ2v) is 19.5. The number of rotatable bonds is 53. The quantitative estimate of drug-likeness (QED) is 0.0261. The van der Waals surface area contributed by atoms with Gasteiger partial charge in [-0.25, -0.2) is 0 Å². The predicted molar refractivity (Wildman–Crippen MR) is 343 cm³/mol. The van der Waals surface area contributed by atoms with Crippen molar-refractivity contribution in [3.05, 3.63) is 194 Å². The highest BCUT2D eigenvalue weighted by Crippen LogP contribution is 2.13. The van der Waals surface area contributed by atoms with Gasteiger partial charge in [0.25, 0.3) is 0 Å². The molecule has 0 heterocycles. The third kappa shape index (κ3) is 63.0. The molecule has 79 heavy (non-hydrogen) atoms. The molecule has 0 saturated carbocycles. The standard InChI is InChI=1S/C73H110O6/c1-4-7-10-13-16-19-22-25-28-30-32-33-34-35-36-37-38-39-41-42-45-48-51-54-57-60-63-66-72(75)78-69-70(68-77-71(74)65-62-59-56-53-50-47-44-27-24-21-18-15-12-9-6-3)79-73(76)67-64-61-58-55-52-49-46-43-40-31-29-26-23-20-17-14-11-8-5-2/h7-12,16-21,25-29,32-33,35-36,38-40,42-45,50,53,59,62,70H,4-6,13-15,22-24,30-31,34,37,41,46-49,51-52,54-58,60-61,63-69H2,1-3H3/b10-7-,11-8-,12-9-,19-16-,20-17-,21-18-,28-25-,29-26-,33-32-,36-35-,39-38-,43-40-,44-27-,45-42-,53-50-,62-59-. The number of hydrogen-bond acceptors (Lipinski definition) is 6. The van der Waals surface area contributed by atoms with Crippen LogP contribution in [0.2, 0.25) is 0 Å². The van der Waals surface area contributed by atoms with Gasteiger partial charge in [0.05, 0.1) is 6.42 Å². The number of ether oxygens (including phenoxy) is 3. The molecule has 1 atom stereocenters. The molecule has 0 aliphatic carbocycles. The average Bonchev–Trinajstić information content (AvgIpc) is 3.45. The zero-order valence-electron chi connectivity index (χ0n) is 50.0. The van der Waals surface area contributed by atoms with E-state index in [-0.39, 0.29) is 38.0 Å². The van der Waals surface area contributed by atoms with Crippen molar-refractivity contribution < 1.29 is 28.6 Å². The van der Waals surface area contributed by atoms with Crippen molar-refractivity contribution in [3.8, 4) is 0 Å². The zero-order chi connectivity index (χ0) is 57.1. The van der Waals surface area contributed by atoms with Crippen LogP contribution in [-0.4, -0.2) is 37.2 Å². The number of hydrogen-bond donors (Lipinski definition) is 0. The van der Waals surface area contributed by atoms with Crippen molar-refractivity contribution >= 4 is 17.9 Å². The molecular formula is C73H110O6. The largest absolute Gasteiger partial charge is 0.462 e. The molecule has 6 nitrogen and oxygen atoms in total. The Morgan fingerprint density at radius 2 is 0.506 bits per heavy atom. The van der Waals surface area contributed by atoms with Gasteiger partial charge in [0.2, 0.25) is 0 Å². The highest BCUT2D eigenvalue weighted by atomic mass is 16.6. The van der Waals surface area contributed by atoms with E-state index < -0.39 is 12.1 Å². The molecule has 0 amide bonds. The molecule has 0 radical (unpaired) electrons. The van der Waals surface area contributed by atoms with E-state index in [1.807, 2.05) is 6.08 Å². The molecule has 0 fully saturated rings. The molecule has 0 spiro atoms. The summed E-state index contributed by atoms with van der Waals surface area (Å²) in [6.07, 6.45) is 98.8. The third-order valence-electron chi connectivity index (χ3n) is 12.1. The summed E-state index contributed by atoms with van der Waals surface area (Å²) in [5, 5.41) is 0. The first-order valence-corrected chi connectivity index (χ1v) is 30.9. The first kappa shape index (κ1) is 73.2. The Labute approximate surface area is 484 Å². The van der Waals surface area contributed by atoms with Crippen LogP contribution in [0.5, 0.6) is 0 Å². The van der Waals surface area contributed by atoms with Gasteiger partial charge in [0.15, 0.2) is 6.10 Å². The van der Waals surface area contributed by atoms with E-state index in [1.54, 1.807) is 6.08 Å². The van der Waals surface area contributed by atoms with Crippen molar-refractivity contribution in [2.24, 2.45) is 0 Å². The van der Waals surface area contributed by atoms with Crippen LogP contribution in [0.4, 0.5) is 0 Å². The van der Waals surface area contributed by atoms with Crippen LogP contribution in [0.1, 0.15) is 226 Å². The summed E-state index contributed by atoms with van der Waals surface area (Å²) >= 11 is 0. The highest BCUT2D eigenvalue weighted by Gasteiger charge is 2.19. The number of esters is 3. The fraction of sp³-hybridized carbons (Fsp3) is 0.521. The topological polar surface area (TPSA) is 78.9 Å². The molecule has 0 bridgehead atoms. The van der Waals surface area contributed by atoms with E-state index in [2.05, 4.69) is 203 Å². The van der Waals surface area contributed by atoms with E-state index in [0.717, 1.165) is 173 Å². The normalized spacial score (nSPS) is 13.5. The molecule has 0 aromatic heterocycles. The first-order valence-electron chi connectivity index (χ1n) is 30.9. The van der Waals surface area contributed by atoms with Gasteiger partial charge in [0, 0.05) is 12.8 Å². The molecule has 0 rings (SSSR count). The minimum Gasteiger partial charge on any atom is -0.462 e. The van der Waals surface area contributed by atoms with Crippen molar-refractivity contribution in [2.45, 2.75) is 232 Å². The molecule has 0 aromatic rings. The van der Waals surface area contributed by atoms with E-state index in [4.69, 9.17) is 14.2 Å². The second kappa shape index (κ2) is 64.8. The summed E-state index contributed by atoms with van der Waals surface area (Å²) in [4.78, 5) is 38.2. The van der Waals surface area contributed by atoms with E-state index in [0.29, 0.717) is 6.42 Å². The lowest BCUT2D eigenvalue weighted by atomic mass is 10.1. The molecule has 0 aliphatic heterocycles. The van der Waals surface area contributed by atoms with Gasteiger partial charge >= 0.3 is 17.9 Å². The van der Waals surface area contributed by atoms with Crippen LogP contribution in [-0.2, 0) is 28.6 Å².